The van der Waals surface area contributed by atoms with E-state index in [1.165, 1.54) is 0 Å². The fourth-order valence-electron chi connectivity index (χ4n) is 2.46. The molecule has 4 rings (SSSR count). The van der Waals surface area contributed by atoms with Crippen LogP contribution < -0.4 is 10.5 Å². The molecule has 0 bridgehead atoms. The summed E-state index contributed by atoms with van der Waals surface area (Å²) in [4.78, 5) is 4.35. The molecule has 0 radical (unpaired) electrons. The Kier molecular flexibility index (Phi) is 3.63. The molecule has 0 aliphatic heterocycles. The van der Waals surface area contributed by atoms with E-state index in [1.54, 1.807) is 22.8 Å². The molecule has 3 aromatic heterocycles. The lowest BCUT2D eigenvalue weighted by molar-refractivity contribution is 0.281. The van der Waals surface area contributed by atoms with Gasteiger partial charge in [0.05, 0.1) is 6.20 Å². The molecule has 1 aromatic carbocycles. The largest absolute Gasteiger partial charge is 0.475 e. The molecule has 3 heterocycles. The minimum absolute atomic E-state index is 0.0649. The Balaban J connectivity index is 1.78. The number of rotatable bonds is 4. The maximum atomic E-state index is 6.03. The molecule has 2 N–H and O–H groups in total. The first kappa shape index (κ1) is 15.0. The molecule has 24 heavy (non-hydrogen) atoms. The summed E-state index contributed by atoms with van der Waals surface area (Å²) in [5.41, 5.74) is 7.91. The predicted molar refractivity (Wildman–Crippen MR) is 92.3 cm³/mol. The number of benzene rings is 1. The Morgan fingerprint density at radius 2 is 2.17 bits per heavy atom. The summed E-state index contributed by atoms with van der Waals surface area (Å²) in [5.74, 6) is 1.15. The Hall–Kier alpha value is -2.57. The van der Waals surface area contributed by atoms with Gasteiger partial charge < -0.3 is 14.9 Å². The van der Waals surface area contributed by atoms with Crippen LogP contribution >= 0.6 is 11.6 Å². The van der Waals surface area contributed by atoms with E-state index in [-0.39, 0.29) is 6.04 Å². The lowest BCUT2D eigenvalue weighted by Gasteiger charge is -2.08. The van der Waals surface area contributed by atoms with E-state index in [0.717, 1.165) is 16.7 Å². The van der Waals surface area contributed by atoms with Crippen LogP contribution in [0.1, 0.15) is 6.92 Å². The Morgan fingerprint density at radius 1 is 1.29 bits per heavy atom. The van der Waals surface area contributed by atoms with Crippen molar-refractivity contribution in [3.8, 4) is 17.3 Å². The SMILES string of the molecule is CC(N)COc1ccc2ncc(-c3cc4cc(Cl)ccc4o3)n2n1. The summed E-state index contributed by atoms with van der Waals surface area (Å²) >= 11 is 6.03. The second-order valence-corrected chi connectivity index (χ2v) is 6.10. The van der Waals surface area contributed by atoms with E-state index in [9.17, 15) is 0 Å². The van der Waals surface area contributed by atoms with Crippen molar-refractivity contribution in [1.82, 2.24) is 14.6 Å². The molecule has 6 nitrogen and oxygen atoms in total. The van der Waals surface area contributed by atoms with Gasteiger partial charge in [-0.3, -0.25) is 0 Å². The van der Waals surface area contributed by atoms with Gasteiger partial charge in [-0.1, -0.05) is 11.6 Å². The highest BCUT2D eigenvalue weighted by Crippen LogP contribution is 2.30. The molecule has 1 unspecified atom stereocenters. The van der Waals surface area contributed by atoms with Crippen LogP contribution in [0, 0.1) is 0 Å². The van der Waals surface area contributed by atoms with E-state index < -0.39 is 0 Å². The van der Waals surface area contributed by atoms with Crippen molar-refractivity contribution in [3.63, 3.8) is 0 Å². The molecule has 7 heteroatoms. The zero-order valence-electron chi connectivity index (χ0n) is 12.9. The molecule has 0 amide bonds. The summed E-state index contributed by atoms with van der Waals surface area (Å²) in [6.07, 6.45) is 1.72. The van der Waals surface area contributed by atoms with Gasteiger partial charge >= 0.3 is 0 Å². The number of hydrogen-bond donors (Lipinski definition) is 1. The Bertz CT molecular complexity index is 1020. The molecular weight excluding hydrogens is 328 g/mol. The molecule has 122 valence electrons. The third-order valence-corrected chi connectivity index (χ3v) is 3.80. The number of ether oxygens (including phenoxy) is 1. The summed E-state index contributed by atoms with van der Waals surface area (Å²) in [6.45, 7) is 2.27. The molecule has 0 aliphatic rings. The molecule has 1 atom stereocenters. The van der Waals surface area contributed by atoms with E-state index in [4.69, 9.17) is 26.5 Å². The van der Waals surface area contributed by atoms with Crippen molar-refractivity contribution >= 4 is 28.2 Å². The van der Waals surface area contributed by atoms with Gasteiger partial charge in [-0.2, -0.15) is 0 Å². The highest BCUT2D eigenvalue weighted by atomic mass is 35.5. The number of aromatic nitrogens is 3. The van der Waals surface area contributed by atoms with E-state index in [2.05, 4.69) is 10.1 Å². The van der Waals surface area contributed by atoms with Crippen molar-refractivity contribution in [2.24, 2.45) is 5.73 Å². The standard InChI is InChI=1S/C17H15ClN4O2/c1-10(19)9-23-17-5-4-16-20-8-13(22(16)21-17)15-7-11-6-12(18)2-3-14(11)24-15/h2-8,10H,9,19H2,1H3. The second kappa shape index (κ2) is 5.81. The Labute approximate surface area is 142 Å². The van der Waals surface area contributed by atoms with Crippen LogP contribution in [0.5, 0.6) is 5.88 Å². The minimum atomic E-state index is -0.0649. The predicted octanol–water partition coefficient (Wildman–Crippen LogP) is 3.52. The topological polar surface area (TPSA) is 78.6 Å². The van der Waals surface area contributed by atoms with Gasteiger partial charge in [0.1, 0.15) is 17.9 Å². The summed E-state index contributed by atoms with van der Waals surface area (Å²) in [6, 6.07) is 11.0. The number of fused-ring (bicyclic) bond motifs is 2. The van der Waals surface area contributed by atoms with Crippen LogP contribution in [0.4, 0.5) is 0 Å². The highest BCUT2D eigenvalue weighted by Gasteiger charge is 2.13. The number of halogens is 1. The molecule has 4 aromatic rings. The molecule has 0 fully saturated rings. The maximum Gasteiger partial charge on any atom is 0.231 e. The average Bonchev–Trinajstić information content (AvgIpc) is 3.15. The normalized spacial score (nSPS) is 12.8. The molecule has 0 saturated carbocycles. The van der Waals surface area contributed by atoms with Crippen LogP contribution in [0.15, 0.2) is 47.0 Å². The third kappa shape index (κ3) is 2.70. The number of nitrogens with zero attached hydrogens (tertiary/aromatic N) is 3. The summed E-state index contributed by atoms with van der Waals surface area (Å²) in [7, 11) is 0. The zero-order chi connectivity index (χ0) is 16.7. The van der Waals surface area contributed by atoms with E-state index >= 15 is 0 Å². The molecular formula is C17H15ClN4O2. The van der Waals surface area contributed by atoms with Crippen molar-refractivity contribution in [3.05, 3.63) is 47.6 Å². The zero-order valence-corrected chi connectivity index (χ0v) is 13.7. The van der Waals surface area contributed by atoms with Gasteiger partial charge in [-0.05, 0) is 37.3 Å². The number of hydrogen-bond acceptors (Lipinski definition) is 5. The molecule has 0 aliphatic carbocycles. The number of nitrogens with two attached hydrogens (primary N) is 1. The van der Waals surface area contributed by atoms with Gasteiger partial charge in [0.2, 0.25) is 5.88 Å². The summed E-state index contributed by atoms with van der Waals surface area (Å²) < 4.78 is 13.2. The van der Waals surface area contributed by atoms with Crippen LogP contribution in [-0.4, -0.2) is 27.2 Å². The van der Waals surface area contributed by atoms with Gasteiger partial charge in [0, 0.05) is 22.5 Å². The fraction of sp³-hybridized carbons (Fsp3) is 0.176. The van der Waals surface area contributed by atoms with Crippen LogP contribution in [0.3, 0.4) is 0 Å². The Morgan fingerprint density at radius 3 is 3.00 bits per heavy atom. The van der Waals surface area contributed by atoms with Crippen molar-refractivity contribution in [2.75, 3.05) is 6.61 Å². The van der Waals surface area contributed by atoms with Gasteiger partial charge in [-0.15, -0.1) is 5.10 Å². The van der Waals surface area contributed by atoms with Crippen LogP contribution in [0.2, 0.25) is 5.02 Å². The first-order chi connectivity index (χ1) is 11.6. The first-order valence-corrected chi connectivity index (χ1v) is 7.90. The van der Waals surface area contributed by atoms with Crippen LogP contribution in [0.25, 0.3) is 28.1 Å². The first-order valence-electron chi connectivity index (χ1n) is 7.53. The van der Waals surface area contributed by atoms with Gasteiger partial charge in [-0.25, -0.2) is 9.50 Å². The number of furan rings is 1. The maximum absolute atomic E-state index is 6.03. The summed E-state index contributed by atoms with van der Waals surface area (Å²) in [5, 5.41) is 6.05. The smallest absolute Gasteiger partial charge is 0.231 e. The lowest BCUT2D eigenvalue weighted by atomic mass is 10.2. The molecule has 0 saturated heterocycles. The number of imidazole rings is 1. The van der Waals surface area contributed by atoms with Gasteiger partial charge in [0.15, 0.2) is 11.4 Å². The van der Waals surface area contributed by atoms with Gasteiger partial charge in [0.25, 0.3) is 0 Å². The third-order valence-electron chi connectivity index (χ3n) is 3.56. The van der Waals surface area contributed by atoms with E-state index in [0.29, 0.717) is 28.9 Å². The average molecular weight is 343 g/mol. The second-order valence-electron chi connectivity index (χ2n) is 5.67. The fourth-order valence-corrected chi connectivity index (χ4v) is 2.64. The van der Waals surface area contributed by atoms with Crippen LogP contribution in [-0.2, 0) is 0 Å². The van der Waals surface area contributed by atoms with Crippen molar-refractivity contribution < 1.29 is 9.15 Å². The lowest BCUT2D eigenvalue weighted by Crippen LogP contribution is -2.24. The minimum Gasteiger partial charge on any atom is -0.475 e. The highest BCUT2D eigenvalue weighted by molar-refractivity contribution is 6.31. The quantitative estimate of drug-likeness (QED) is 0.614. The van der Waals surface area contributed by atoms with E-state index in [1.807, 2.05) is 31.2 Å². The van der Waals surface area contributed by atoms with Crippen molar-refractivity contribution in [1.29, 1.82) is 0 Å². The molecule has 0 spiro atoms. The van der Waals surface area contributed by atoms with Crippen molar-refractivity contribution in [2.45, 2.75) is 13.0 Å². The monoisotopic (exact) mass is 342 g/mol.